The largest absolute Gasteiger partial charge is 0.467 e. The topological polar surface area (TPSA) is 69.5 Å². The highest BCUT2D eigenvalue weighted by atomic mass is 16.3. The van der Waals surface area contributed by atoms with Gasteiger partial charge in [0, 0.05) is 23.0 Å². The fourth-order valence-electron chi connectivity index (χ4n) is 5.27. The first-order valence-corrected chi connectivity index (χ1v) is 10.9. The molecule has 1 N–H and O–H groups in total. The molecule has 6 rings (SSSR count). The number of aryl methyl sites for hydroxylation is 1. The third-order valence-electron chi connectivity index (χ3n) is 6.75. The van der Waals surface area contributed by atoms with E-state index < -0.39 is 6.04 Å². The zero-order valence-corrected chi connectivity index (χ0v) is 17.7. The van der Waals surface area contributed by atoms with Crippen molar-refractivity contribution in [1.82, 2.24) is 14.8 Å². The zero-order valence-electron chi connectivity index (χ0n) is 17.7. The number of nitrogens with zero attached hydrogens (tertiary/aromatic N) is 2. The van der Waals surface area contributed by atoms with E-state index in [2.05, 4.69) is 36.2 Å². The molecular formula is C26H23N3O3. The highest BCUT2D eigenvalue weighted by molar-refractivity contribution is 5.97. The van der Waals surface area contributed by atoms with Crippen LogP contribution in [0.4, 0.5) is 0 Å². The van der Waals surface area contributed by atoms with E-state index in [4.69, 9.17) is 4.42 Å². The molecule has 6 nitrogen and oxygen atoms in total. The molecule has 32 heavy (non-hydrogen) atoms. The molecule has 0 radical (unpaired) electrons. The predicted octanol–water partition coefficient (Wildman–Crippen LogP) is 3.95. The quantitative estimate of drug-likeness (QED) is 0.540. The van der Waals surface area contributed by atoms with Gasteiger partial charge < -0.3 is 19.2 Å². The first kappa shape index (κ1) is 18.9. The summed E-state index contributed by atoms with van der Waals surface area (Å²) in [5.41, 5.74) is 5.31. The van der Waals surface area contributed by atoms with Crippen LogP contribution in [0.3, 0.4) is 0 Å². The Morgan fingerprint density at radius 1 is 1.03 bits per heavy atom. The van der Waals surface area contributed by atoms with Gasteiger partial charge in [-0.25, -0.2) is 0 Å². The Labute approximate surface area is 185 Å². The zero-order chi connectivity index (χ0) is 21.8. The number of carbonyl (C=O) groups is 2. The number of aromatic amines is 1. The summed E-state index contributed by atoms with van der Waals surface area (Å²) in [6.07, 6.45) is 2.09. The van der Waals surface area contributed by atoms with Crippen molar-refractivity contribution in [3.8, 4) is 0 Å². The maximum Gasteiger partial charge on any atom is 0.246 e. The number of amides is 2. The van der Waals surface area contributed by atoms with Crippen LogP contribution < -0.4 is 0 Å². The van der Waals surface area contributed by atoms with Gasteiger partial charge in [0.15, 0.2) is 0 Å². The monoisotopic (exact) mass is 425 g/mol. The molecule has 2 amide bonds. The van der Waals surface area contributed by atoms with Gasteiger partial charge in [0.1, 0.15) is 18.3 Å². The Hall–Kier alpha value is -3.80. The summed E-state index contributed by atoms with van der Waals surface area (Å²) in [5, 5.41) is 1.11. The minimum Gasteiger partial charge on any atom is -0.467 e. The molecule has 4 heterocycles. The van der Waals surface area contributed by atoms with Crippen molar-refractivity contribution >= 4 is 22.7 Å². The number of piperazine rings is 1. The minimum absolute atomic E-state index is 0.0319. The Balaban J connectivity index is 1.50. The molecule has 2 aromatic carbocycles. The molecule has 1 saturated heterocycles. The van der Waals surface area contributed by atoms with Crippen LogP contribution in [0.2, 0.25) is 0 Å². The van der Waals surface area contributed by atoms with Crippen molar-refractivity contribution in [2.45, 2.75) is 32.0 Å². The highest BCUT2D eigenvalue weighted by Crippen LogP contribution is 2.43. The lowest BCUT2D eigenvalue weighted by Crippen LogP contribution is -2.62. The van der Waals surface area contributed by atoms with Gasteiger partial charge in [-0.15, -0.1) is 0 Å². The number of furan rings is 1. The first-order valence-electron chi connectivity index (χ1n) is 10.9. The van der Waals surface area contributed by atoms with E-state index >= 15 is 0 Å². The summed E-state index contributed by atoms with van der Waals surface area (Å²) in [5.74, 6) is 0.605. The lowest BCUT2D eigenvalue weighted by molar-refractivity contribution is -0.159. The maximum atomic E-state index is 13.6. The number of para-hydroxylation sites is 1. The molecule has 4 aromatic rings. The second-order valence-electron chi connectivity index (χ2n) is 8.62. The molecule has 2 aliphatic rings. The van der Waals surface area contributed by atoms with Crippen molar-refractivity contribution in [2.24, 2.45) is 0 Å². The molecular weight excluding hydrogens is 402 g/mol. The average Bonchev–Trinajstić information content (AvgIpc) is 3.44. The number of hydrogen-bond acceptors (Lipinski definition) is 3. The van der Waals surface area contributed by atoms with Gasteiger partial charge in [-0.1, -0.05) is 42.5 Å². The van der Waals surface area contributed by atoms with Gasteiger partial charge in [0.25, 0.3) is 0 Å². The summed E-state index contributed by atoms with van der Waals surface area (Å²) >= 11 is 0. The second-order valence-corrected chi connectivity index (χ2v) is 8.62. The number of nitrogens with one attached hydrogen (secondary N) is 1. The summed E-state index contributed by atoms with van der Waals surface area (Å²) in [6.45, 7) is 2.41. The molecule has 2 aromatic heterocycles. The second kappa shape index (κ2) is 7.12. The smallest absolute Gasteiger partial charge is 0.246 e. The molecule has 1 fully saturated rings. The van der Waals surface area contributed by atoms with Crippen LogP contribution in [-0.2, 0) is 22.6 Å². The normalized spacial score (nSPS) is 20.5. The molecule has 2 aliphatic heterocycles. The van der Waals surface area contributed by atoms with Crippen molar-refractivity contribution in [1.29, 1.82) is 0 Å². The number of hydrogen-bond donors (Lipinski definition) is 1. The molecule has 0 bridgehead atoms. The Bertz CT molecular complexity index is 1340. The van der Waals surface area contributed by atoms with Crippen LogP contribution in [0.5, 0.6) is 0 Å². The Morgan fingerprint density at radius 3 is 2.66 bits per heavy atom. The third-order valence-corrected chi connectivity index (χ3v) is 6.75. The van der Waals surface area contributed by atoms with Crippen LogP contribution in [0.15, 0.2) is 71.3 Å². The van der Waals surface area contributed by atoms with Gasteiger partial charge >= 0.3 is 0 Å². The molecule has 2 atom stereocenters. The van der Waals surface area contributed by atoms with E-state index in [1.807, 2.05) is 30.3 Å². The average molecular weight is 425 g/mol. The van der Waals surface area contributed by atoms with Gasteiger partial charge in [-0.2, -0.15) is 0 Å². The predicted molar refractivity (Wildman–Crippen MR) is 120 cm³/mol. The van der Waals surface area contributed by atoms with Crippen LogP contribution >= 0.6 is 0 Å². The third kappa shape index (κ3) is 2.79. The van der Waals surface area contributed by atoms with Crippen LogP contribution in [0.1, 0.15) is 34.2 Å². The number of aromatic nitrogens is 1. The van der Waals surface area contributed by atoms with Crippen LogP contribution in [-0.4, -0.2) is 39.2 Å². The molecule has 160 valence electrons. The number of fused-ring (bicyclic) bond motifs is 4. The van der Waals surface area contributed by atoms with Gasteiger partial charge in [-0.05, 0) is 41.8 Å². The van der Waals surface area contributed by atoms with Crippen molar-refractivity contribution in [2.75, 3.05) is 6.54 Å². The summed E-state index contributed by atoms with van der Waals surface area (Å²) in [4.78, 5) is 34.2. The standard InChI is InChI=1S/C26H23N3O3/c1-16-7-2-3-9-18(16)25-24-20(19-10-4-5-11-21(19)27-24)13-22-26(31)28(15-23(30)29(22)25)14-17-8-6-12-32-17/h2-12,22,25,27H,13-15H2,1H3/t22-,25-/m0/s1. The van der Waals surface area contributed by atoms with E-state index in [0.717, 1.165) is 33.3 Å². The van der Waals surface area contributed by atoms with Crippen molar-refractivity contribution in [3.63, 3.8) is 0 Å². The Kier molecular flexibility index (Phi) is 4.21. The fourth-order valence-corrected chi connectivity index (χ4v) is 5.27. The van der Waals surface area contributed by atoms with Crippen LogP contribution in [0, 0.1) is 6.92 Å². The Morgan fingerprint density at radius 2 is 1.84 bits per heavy atom. The minimum atomic E-state index is -0.539. The molecule has 0 unspecified atom stereocenters. The number of H-pyrrole nitrogens is 1. The number of benzene rings is 2. The van der Waals surface area contributed by atoms with Gasteiger partial charge in [0.05, 0.1) is 18.8 Å². The fraction of sp³-hybridized carbons (Fsp3) is 0.231. The summed E-state index contributed by atoms with van der Waals surface area (Å²) in [7, 11) is 0. The van der Waals surface area contributed by atoms with Crippen molar-refractivity contribution < 1.29 is 14.0 Å². The van der Waals surface area contributed by atoms with Gasteiger partial charge in [0.2, 0.25) is 11.8 Å². The van der Waals surface area contributed by atoms with E-state index in [9.17, 15) is 9.59 Å². The molecule has 0 spiro atoms. The van der Waals surface area contributed by atoms with E-state index in [1.54, 1.807) is 22.1 Å². The number of rotatable bonds is 3. The van der Waals surface area contributed by atoms with E-state index in [-0.39, 0.29) is 24.4 Å². The SMILES string of the molecule is Cc1ccccc1[C@H]1c2[nH]c3ccccc3c2C[C@H]2C(=O)N(Cc3ccco3)CC(=O)N12. The summed E-state index contributed by atoms with van der Waals surface area (Å²) in [6, 6.07) is 19.0. The number of carbonyl (C=O) groups excluding carboxylic acids is 2. The molecule has 6 heteroatoms. The lowest BCUT2D eigenvalue weighted by Gasteiger charge is -2.47. The molecule has 0 saturated carbocycles. The maximum absolute atomic E-state index is 13.6. The first-order chi connectivity index (χ1) is 15.6. The molecule has 0 aliphatic carbocycles. The van der Waals surface area contributed by atoms with Gasteiger partial charge in [-0.3, -0.25) is 9.59 Å². The van der Waals surface area contributed by atoms with Crippen LogP contribution in [0.25, 0.3) is 10.9 Å². The van der Waals surface area contributed by atoms with E-state index in [1.165, 1.54) is 0 Å². The highest BCUT2D eigenvalue weighted by Gasteiger charge is 2.48. The van der Waals surface area contributed by atoms with E-state index in [0.29, 0.717) is 18.7 Å². The lowest BCUT2D eigenvalue weighted by atomic mass is 9.85. The summed E-state index contributed by atoms with van der Waals surface area (Å²) < 4.78 is 5.44. The van der Waals surface area contributed by atoms with Crippen molar-refractivity contribution in [3.05, 3.63) is 95.1 Å².